The molecule has 1 heterocycles. The first kappa shape index (κ1) is 15.1. The summed E-state index contributed by atoms with van der Waals surface area (Å²) in [6.45, 7) is 5.58. The van der Waals surface area contributed by atoms with E-state index in [0.29, 0.717) is 18.2 Å². The molecule has 0 radical (unpaired) electrons. The summed E-state index contributed by atoms with van der Waals surface area (Å²) >= 11 is 0. The number of H-pyrrole nitrogens is 1. The Morgan fingerprint density at radius 1 is 1.42 bits per heavy atom. The van der Waals surface area contributed by atoms with E-state index >= 15 is 0 Å². The van der Waals surface area contributed by atoms with Crippen LogP contribution in [0.15, 0.2) is 0 Å². The second-order valence-electron chi connectivity index (χ2n) is 5.00. The van der Waals surface area contributed by atoms with Gasteiger partial charge in [-0.2, -0.15) is 5.10 Å². The van der Waals surface area contributed by atoms with Gasteiger partial charge in [0, 0.05) is 19.8 Å². The van der Waals surface area contributed by atoms with Crippen LogP contribution in [0.25, 0.3) is 0 Å². The maximum atomic E-state index is 11.2. The zero-order chi connectivity index (χ0) is 14.4. The van der Waals surface area contributed by atoms with Gasteiger partial charge in [-0.15, -0.1) is 0 Å². The molecule has 4 N–H and O–H groups in total. The fourth-order valence-electron chi connectivity index (χ4n) is 1.74. The number of amides is 2. The first-order valence-corrected chi connectivity index (χ1v) is 6.35. The minimum Gasteiger partial charge on any atom is -0.370 e. The fourth-order valence-corrected chi connectivity index (χ4v) is 1.74. The molecule has 19 heavy (non-hydrogen) atoms. The van der Waals surface area contributed by atoms with Crippen LogP contribution in [-0.2, 0) is 16.0 Å². The van der Waals surface area contributed by atoms with E-state index in [9.17, 15) is 9.59 Å². The molecule has 1 rings (SSSR count). The van der Waals surface area contributed by atoms with E-state index in [1.54, 1.807) is 0 Å². The van der Waals surface area contributed by atoms with E-state index in [1.807, 2.05) is 0 Å². The quantitative estimate of drug-likeness (QED) is 0.665. The molecule has 0 fully saturated rings. The van der Waals surface area contributed by atoms with Crippen molar-refractivity contribution in [1.82, 2.24) is 20.5 Å². The highest BCUT2D eigenvalue weighted by Crippen LogP contribution is 2.15. The molecule has 0 bridgehead atoms. The van der Waals surface area contributed by atoms with Gasteiger partial charge >= 0.3 is 0 Å². The van der Waals surface area contributed by atoms with Crippen LogP contribution in [0.5, 0.6) is 0 Å². The van der Waals surface area contributed by atoms with Crippen LogP contribution in [0, 0.1) is 5.92 Å². The van der Waals surface area contributed by atoms with Crippen molar-refractivity contribution in [3.8, 4) is 0 Å². The van der Waals surface area contributed by atoms with Gasteiger partial charge in [-0.1, -0.05) is 13.8 Å². The summed E-state index contributed by atoms with van der Waals surface area (Å²) in [7, 11) is 0. The molecule has 2 amide bonds. The highest BCUT2D eigenvalue weighted by Gasteiger charge is 2.18. The van der Waals surface area contributed by atoms with Crippen LogP contribution < -0.4 is 11.1 Å². The molecule has 0 saturated carbocycles. The average Bonchev–Trinajstić information content (AvgIpc) is 2.70. The molecular weight excluding hydrogens is 246 g/mol. The van der Waals surface area contributed by atoms with Gasteiger partial charge in [-0.25, -0.2) is 4.98 Å². The lowest BCUT2D eigenvalue weighted by Crippen LogP contribution is -2.28. The highest BCUT2D eigenvalue weighted by molar-refractivity contribution is 5.75. The van der Waals surface area contributed by atoms with Crippen molar-refractivity contribution in [2.75, 3.05) is 0 Å². The molecule has 0 aliphatic rings. The Kier molecular flexibility index (Phi) is 5.47. The van der Waals surface area contributed by atoms with E-state index in [1.165, 1.54) is 6.92 Å². The van der Waals surface area contributed by atoms with E-state index in [4.69, 9.17) is 5.73 Å². The summed E-state index contributed by atoms with van der Waals surface area (Å²) < 4.78 is 0. The summed E-state index contributed by atoms with van der Waals surface area (Å²) in [5.74, 6) is 1.13. The highest BCUT2D eigenvalue weighted by atomic mass is 16.1. The molecule has 0 aromatic carbocycles. The lowest BCUT2D eigenvalue weighted by molar-refractivity contribution is -0.121. The number of carbonyl (C=O) groups is 2. The Labute approximate surface area is 112 Å². The average molecular weight is 267 g/mol. The number of primary amides is 1. The first-order chi connectivity index (χ1) is 8.88. The maximum Gasteiger partial charge on any atom is 0.217 e. The standard InChI is InChI=1S/C12H21N5O2/c1-7(2)6-11-15-12(17-16-11)9(14-8(3)18)4-5-10(13)19/h7,9H,4-6H2,1-3H3,(H2,13,19)(H,14,18)(H,15,16,17)/t9-/m0/s1. The molecule has 0 aliphatic carbocycles. The number of nitrogens with one attached hydrogen (secondary N) is 2. The van der Waals surface area contributed by atoms with Gasteiger partial charge in [-0.05, 0) is 12.3 Å². The van der Waals surface area contributed by atoms with Crippen molar-refractivity contribution in [2.45, 2.75) is 46.1 Å². The molecule has 7 heteroatoms. The number of hydrogen-bond acceptors (Lipinski definition) is 4. The largest absolute Gasteiger partial charge is 0.370 e. The van der Waals surface area contributed by atoms with Crippen molar-refractivity contribution in [3.63, 3.8) is 0 Å². The summed E-state index contributed by atoms with van der Waals surface area (Å²) in [6, 6.07) is -0.387. The summed E-state index contributed by atoms with van der Waals surface area (Å²) in [5, 5.41) is 9.67. The van der Waals surface area contributed by atoms with Gasteiger partial charge in [0.05, 0.1) is 6.04 Å². The molecule has 0 unspecified atom stereocenters. The maximum absolute atomic E-state index is 11.2. The normalized spacial score (nSPS) is 12.4. The summed E-state index contributed by atoms with van der Waals surface area (Å²) in [6.07, 6.45) is 1.36. The third-order valence-electron chi connectivity index (χ3n) is 2.52. The molecule has 0 saturated heterocycles. The van der Waals surface area contributed by atoms with Crippen molar-refractivity contribution in [2.24, 2.45) is 11.7 Å². The summed E-state index contributed by atoms with van der Waals surface area (Å²) in [5.41, 5.74) is 5.12. The number of nitrogens with two attached hydrogens (primary N) is 1. The molecule has 1 aromatic rings. The Hall–Kier alpha value is -1.92. The predicted molar refractivity (Wildman–Crippen MR) is 69.9 cm³/mol. The molecule has 1 aromatic heterocycles. The number of nitrogens with zero attached hydrogens (tertiary/aromatic N) is 2. The Morgan fingerprint density at radius 3 is 2.63 bits per heavy atom. The van der Waals surface area contributed by atoms with Crippen LogP contribution in [0.1, 0.15) is 51.3 Å². The van der Waals surface area contributed by atoms with E-state index in [2.05, 4.69) is 34.3 Å². The SMILES string of the molecule is CC(=O)N[C@@H](CCC(N)=O)c1n[nH]c(CC(C)C)n1. The Balaban J connectivity index is 2.75. The Morgan fingerprint density at radius 2 is 2.11 bits per heavy atom. The topological polar surface area (TPSA) is 114 Å². The predicted octanol–water partition coefficient (Wildman–Crippen LogP) is 0.446. The van der Waals surface area contributed by atoms with Gasteiger partial charge in [0.15, 0.2) is 5.82 Å². The van der Waals surface area contributed by atoms with Crippen molar-refractivity contribution < 1.29 is 9.59 Å². The lowest BCUT2D eigenvalue weighted by atomic mass is 10.1. The van der Waals surface area contributed by atoms with Crippen LogP contribution >= 0.6 is 0 Å². The Bertz CT molecular complexity index is 441. The minimum absolute atomic E-state index is 0.180. The monoisotopic (exact) mass is 267 g/mol. The van der Waals surface area contributed by atoms with E-state index in [-0.39, 0.29) is 18.4 Å². The van der Waals surface area contributed by atoms with Crippen molar-refractivity contribution >= 4 is 11.8 Å². The zero-order valence-electron chi connectivity index (χ0n) is 11.6. The number of aromatic nitrogens is 3. The van der Waals surface area contributed by atoms with Gasteiger partial charge in [-0.3, -0.25) is 14.7 Å². The number of aromatic amines is 1. The minimum atomic E-state index is -0.409. The fraction of sp³-hybridized carbons (Fsp3) is 0.667. The second-order valence-corrected chi connectivity index (χ2v) is 5.00. The third kappa shape index (κ3) is 5.50. The van der Waals surface area contributed by atoms with Crippen LogP contribution in [-0.4, -0.2) is 27.0 Å². The summed E-state index contributed by atoms with van der Waals surface area (Å²) in [4.78, 5) is 26.3. The van der Waals surface area contributed by atoms with E-state index < -0.39 is 5.91 Å². The third-order valence-corrected chi connectivity index (χ3v) is 2.52. The molecule has 106 valence electrons. The number of carbonyl (C=O) groups excluding carboxylic acids is 2. The van der Waals surface area contributed by atoms with Crippen molar-refractivity contribution in [3.05, 3.63) is 11.6 Å². The molecule has 7 nitrogen and oxygen atoms in total. The van der Waals surface area contributed by atoms with E-state index in [0.717, 1.165) is 12.2 Å². The van der Waals surface area contributed by atoms with Gasteiger partial charge < -0.3 is 11.1 Å². The second kappa shape index (κ2) is 6.86. The number of hydrogen-bond donors (Lipinski definition) is 3. The smallest absolute Gasteiger partial charge is 0.217 e. The first-order valence-electron chi connectivity index (χ1n) is 6.35. The molecule has 1 atom stereocenters. The van der Waals surface area contributed by atoms with Gasteiger partial charge in [0.2, 0.25) is 11.8 Å². The van der Waals surface area contributed by atoms with Gasteiger partial charge in [0.25, 0.3) is 0 Å². The van der Waals surface area contributed by atoms with Gasteiger partial charge in [0.1, 0.15) is 5.82 Å². The molecule has 0 spiro atoms. The zero-order valence-corrected chi connectivity index (χ0v) is 11.6. The molecular formula is C12H21N5O2. The number of rotatable bonds is 7. The van der Waals surface area contributed by atoms with Crippen LogP contribution in [0.3, 0.4) is 0 Å². The molecule has 0 aliphatic heterocycles. The lowest BCUT2D eigenvalue weighted by Gasteiger charge is -2.13. The van der Waals surface area contributed by atoms with Crippen LogP contribution in [0.4, 0.5) is 0 Å². The van der Waals surface area contributed by atoms with Crippen LogP contribution in [0.2, 0.25) is 0 Å². The van der Waals surface area contributed by atoms with Crippen molar-refractivity contribution in [1.29, 1.82) is 0 Å².